The van der Waals surface area contributed by atoms with E-state index in [-0.39, 0.29) is 0 Å². The summed E-state index contributed by atoms with van der Waals surface area (Å²) in [5.74, 6) is 1.94. The summed E-state index contributed by atoms with van der Waals surface area (Å²) >= 11 is 0. The fourth-order valence-corrected chi connectivity index (χ4v) is 1.99. The van der Waals surface area contributed by atoms with Gasteiger partial charge in [-0.15, -0.1) is 0 Å². The van der Waals surface area contributed by atoms with E-state index in [9.17, 15) is 0 Å². The van der Waals surface area contributed by atoms with Gasteiger partial charge in [-0.2, -0.15) is 0 Å². The predicted octanol–water partition coefficient (Wildman–Crippen LogP) is 2.75. The van der Waals surface area contributed by atoms with Gasteiger partial charge in [0.15, 0.2) is 0 Å². The number of hydrogen-bond acceptors (Lipinski definition) is 3. The topological polar surface area (TPSA) is 28.2 Å². The van der Waals surface area contributed by atoms with Crippen LogP contribution in [-0.2, 0) is 6.54 Å². The Bertz CT molecular complexity index is 330. The lowest BCUT2D eigenvalue weighted by Crippen LogP contribution is -2.20. The maximum absolute atomic E-state index is 4.43. The van der Waals surface area contributed by atoms with Crippen molar-refractivity contribution in [2.45, 2.75) is 32.7 Å². The number of nitrogens with one attached hydrogen (secondary N) is 1. The Morgan fingerprint density at radius 1 is 1.41 bits per heavy atom. The van der Waals surface area contributed by atoms with Crippen LogP contribution in [-0.4, -0.2) is 30.0 Å². The molecule has 0 radical (unpaired) electrons. The number of anilines is 1. The first kappa shape index (κ1) is 12.4. The fraction of sp³-hybridized carbons (Fsp3) is 0.643. The molecule has 0 atom stereocenters. The van der Waals surface area contributed by atoms with Crippen LogP contribution in [0.25, 0.3) is 0 Å². The lowest BCUT2D eigenvalue weighted by molar-refractivity contribution is 0.313. The van der Waals surface area contributed by atoms with Crippen molar-refractivity contribution in [3.05, 3.63) is 23.9 Å². The van der Waals surface area contributed by atoms with E-state index in [0.29, 0.717) is 0 Å². The number of pyridine rings is 1. The van der Waals surface area contributed by atoms with Crippen LogP contribution in [0.15, 0.2) is 18.3 Å². The van der Waals surface area contributed by atoms with Gasteiger partial charge in [-0.05, 0) is 43.9 Å². The molecule has 3 heteroatoms. The molecule has 94 valence electrons. The minimum atomic E-state index is 0.957. The maximum atomic E-state index is 4.43. The second kappa shape index (κ2) is 6.01. The zero-order valence-electron chi connectivity index (χ0n) is 10.9. The highest BCUT2D eigenvalue weighted by molar-refractivity contribution is 5.35. The van der Waals surface area contributed by atoms with Gasteiger partial charge in [0, 0.05) is 25.8 Å². The Morgan fingerprint density at radius 3 is 2.82 bits per heavy atom. The van der Waals surface area contributed by atoms with Crippen molar-refractivity contribution >= 4 is 5.82 Å². The van der Waals surface area contributed by atoms with E-state index in [1.54, 1.807) is 0 Å². The van der Waals surface area contributed by atoms with Crippen LogP contribution >= 0.6 is 0 Å². The molecule has 0 unspecified atom stereocenters. The molecule has 0 amide bonds. The Balaban J connectivity index is 1.79. The lowest BCUT2D eigenvalue weighted by Gasteiger charge is -2.16. The average Bonchev–Trinajstić information content (AvgIpc) is 3.12. The van der Waals surface area contributed by atoms with E-state index < -0.39 is 0 Å². The lowest BCUT2D eigenvalue weighted by atomic mass is 10.2. The third-order valence-corrected chi connectivity index (χ3v) is 3.10. The number of hydrogen-bond donors (Lipinski definition) is 1. The molecule has 0 saturated heterocycles. The van der Waals surface area contributed by atoms with E-state index in [0.717, 1.165) is 31.2 Å². The van der Waals surface area contributed by atoms with Gasteiger partial charge in [-0.25, -0.2) is 4.98 Å². The van der Waals surface area contributed by atoms with Gasteiger partial charge in [0.05, 0.1) is 0 Å². The summed E-state index contributed by atoms with van der Waals surface area (Å²) in [5, 5.41) is 3.29. The van der Waals surface area contributed by atoms with E-state index in [1.807, 2.05) is 6.20 Å². The molecule has 0 bridgehead atoms. The SMILES string of the molecule is CCCNc1ccc(CN(C)CC2CC2)cn1. The van der Waals surface area contributed by atoms with Crippen LogP contribution in [0.2, 0.25) is 0 Å². The zero-order valence-corrected chi connectivity index (χ0v) is 10.9. The zero-order chi connectivity index (χ0) is 12.1. The molecule has 1 aliphatic carbocycles. The molecular formula is C14H23N3. The molecule has 2 rings (SSSR count). The quantitative estimate of drug-likeness (QED) is 0.785. The Labute approximate surface area is 104 Å². The van der Waals surface area contributed by atoms with Crippen molar-refractivity contribution in [3.63, 3.8) is 0 Å². The van der Waals surface area contributed by atoms with Crippen LogP contribution < -0.4 is 5.32 Å². The van der Waals surface area contributed by atoms with Crippen LogP contribution in [0, 0.1) is 5.92 Å². The molecule has 1 saturated carbocycles. The second-order valence-corrected chi connectivity index (χ2v) is 5.12. The van der Waals surface area contributed by atoms with Gasteiger partial charge in [0.25, 0.3) is 0 Å². The van der Waals surface area contributed by atoms with E-state index in [1.165, 1.54) is 24.9 Å². The van der Waals surface area contributed by atoms with Crippen molar-refractivity contribution in [1.29, 1.82) is 0 Å². The molecule has 0 aromatic carbocycles. The molecule has 1 N–H and O–H groups in total. The van der Waals surface area contributed by atoms with E-state index in [2.05, 4.69) is 41.3 Å². The van der Waals surface area contributed by atoms with Crippen LogP contribution in [0.5, 0.6) is 0 Å². The summed E-state index contributed by atoms with van der Waals surface area (Å²) in [5.41, 5.74) is 1.30. The molecule has 1 heterocycles. The van der Waals surface area contributed by atoms with Gasteiger partial charge < -0.3 is 10.2 Å². The fourth-order valence-electron chi connectivity index (χ4n) is 1.99. The second-order valence-electron chi connectivity index (χ2n) is 5.12. The van der Waals surface area contributed by atoms with Crippen molar-refractivity contribution in [1.82, 2.24) is 9.88 Å². The summed E-state index contributed by atoms with van der Waals surface area (Å²) in [7, 11) is 2.20. The van der Waals surface area contributed by atoms with Crippen LogP contribution in [0.4, 0.5) is 5.82 Å². The smallest absolute Gasteiger partial charge is 0.125 e. The van der Waals surface area contributed by atoms with Crippen molar-refractivity contribution in [3.8, 4) is 0 Å². The Kier molecular flexibility index (Phi) is 4.37. The number of nitrogens with zero attached hydrogens (tertiary/aromatic N) is 2. The minimum Gasteiger partial charge on any atom is -0.370 e. The molecular weight excluding hydrogens is 210 g/mol. The normalized spacial score (nSPS) is 15.2. The predicted molar refractivity (Wildman–Crippen MR) is 72.1 cm³/mol. The molecule has 0 aliphatic heterocycles. The monoisotopic (exact) mass is 233 g/mol. The van der Waals surface area contributed by atoms with Gasteiger partial charge in [-0.3, -0.25) is 0 Å². The molecule has 17 heavy (non-hydrogen) atoms. The van der Waals surface area contributed by atoms with Gasteiger partial charge in [-0.1, -0.05) is 13.0 Å². The molecule has 3 nitrogen and oxygen atoms in total. The first-order valence-electron chi connectivity index (χ1n) is 6.65. The minimum absolute atomic E-state index is 0.957. The van der Waals surface area contributed by atoms with Gasteiger partial charge >= 0.3 is 0 Å². The van der Waals surface area contributed by atoms with Crippen molar-refractivity contribution in [2.24, 2.45) is 5.92 Å². The van der Waals surface area contributed by atoms with Crippen LogP contribution in [0.1, 0.15) is 31.7 Å². The van der Waals surface area contributed by atoms with Gasteiger partial charge in [0.1, 0.15) is 5.82 Å². The Hall–Kier alpha value is -1.09. The maximum Gasteiger partial charge on any atom is 0.125 e. The first-order chi connectivity index (χ1) is 8.28. The van der Waals surface area contributed by atoms with Crippen molar-refractivity contribution < 1.29 is 0 Å². The van der Waals surface area contributed by atoms with Crippen LogP contribution in [0.3, 0.4) is 0 Å². The molecule has 1 aliphatic rings. The average molecular weight is 233 g/mol. The molecule has 0 spiro atoms. The third kappa shape index (κ3) is 4.35. The third-order valence-electron chi connectivity index (χ3n) is 3.10. The standard InChI is InChI=1S/C14H23N3/c1-3-8-15-14-7-6-13(9-16-14)11-17(2)10-12-4-5-12/h6-7,9,12H,3-5,8,10-11H2,1-2H3,(H,15,16). The molecule has 1 aromatic heterocycles. The summed E-state index contributed by atoms with van der Waals surface area (Å²) in [6.07, 6.45) is 5.96. The highest BCUT2D eigenvalue weighted by Gasteiger charge is 2.22. The largest absolute Gasteiger partial charge is 0.370 e. The Morgan fingerprint density at radius 2 is 2.24 bits per heavy atom. The summed E-state index contributed by atoms with van der Waals surface area (Å²) in [6, 6.07) is 4.25. The number of aromatic nitrogens is 1. The van der Waals surface area contributed by atoms with Gasteiger partial charge in [0.2, 0.25) is 0 Å². The molecule has 1 aromatic rings. The summed E-state index contributed by atoms with van der Waals surface area (Å²) < 4.78 is 0. The number of rotatable bonds is 7. The highest BCUT2D eigenvalue weighted by atomic mass is 15.1. The van der Waals surface area contributed by atoms with E-state index in [4.69, 9.17) is 0 Å². The highest BCUT2D eigenvalue weighted by Crippen LogP contribution is 2.29. The first-order valence-corrected chi connectivity index (χ1v) is 6.65. The van der Waals surface area contributed by atoms with Crippen molar-refractivity contribution in [2.75, 3.05) is 25.5 Å². The summed E-state index contributed by atoms with van der Waals surface area (Å²) in [4.78, 5) is 6.82. The molecule has 1 fully saturated rings. The summed E-state index contributed by atoms with van der Waals surface area (Å²) in [6.45, 7) is 5.40. The van der Waals surface area contributed by atoms with E-state index >= 15 is 0 Å².